The molecule has 4 rings (SSSR count). The number of methoxy groups -OCH3 is 1. The van der Waals surface area contributed by atoms with E-state index in [1.54, 1.807) is 7.11 Å². The first kappa shape index (κ1) is 25.3. The topological polar surface area (TPSA) is 60.0 Å². The monoisotopic (exact) mass is 492 g/mol. The van der Waals surface area contributed by atoms with E-state index in [0.29, 0.717) is 45.6 Å². The predicted molar refractivity (Wildman–Crippen MR) is 124 cm³/mol. The first-order valence-corrected chi connectivity index (χ1v) is 11.8. The Balaban J connectivity index is 1.46. The average Bonchev–Trinajstić information content (AvgIpc) is 3.33. The molecule has 190 valence electrons. The van der Waals surface area contributed by atoms with Gasteiger partial charge in [-0.3, -0.25) is 9.69 Å². The van der Waals surface area contributed by atoms with E-state index in [1.165, 1.54) is 12.1 Å². The van der Waals surface area contributed by atoms with Gasteiger partial charge in [-0.25, -0.2) is 0 Å². The number of carbonyl (C=O) groups is 1. The lowest BCUT2D eigenvalue weighted by Gasteiger charge is -2.43. The van der Waals surface area contributed by atoms with Gasteiger partial charge in [-0.15, -0.1) is 0 Å². The average molecular weight is 493 g/mol. The summed E-state index contributed by atoms with van der Waals surface area (Å²) < 4.78 is 56.0. The molecule has 9 heteroatoms. The van der Waals surface area contributed by atoms with Crippen molar-refractivity contribution in [2.24, 2.45) is 0 Å². The second-order valence-electron chi connectivity index (χ2n) is 9.12. The van der Waals surface area contributed by atoms with Crippen LogP contribution in [-0.4, -0.2) is 55.9 Å². The van der Waals surface area contributed by atoms with Crippen LogP contribution in [0.15, 0.2) is 48.5 Å². The van der Waals surface area contributed by atoms with Crippen molar-refractivity contribution in [1.29, 1.82) is 0 Å². The molecule has 0 spiro atoms. The fourth-order valence-corrected chi connectivity index (χ4v) is 4.87. The third-order valence-electron chi connectivity index (χ3n) is 6.90. The zero-order chi connectivity index (χ0) is 25.1. The summed E-state index contributed by atoms with van der Waals surface area (Å²) in [5.74, 6) is 0.832. The third-order valence-corrected chi connectivity index (χ3v) is 6.90. The van der Waals surface area contributed by atoms with Gasteiger partial charge in [0.2, 0.25) is 5.91 Å². The van der Waals surface area contributed by atoms with Gasteiger partial charge in [0.15, 0.2) is 0 Å². The Hall–Kier alpha value is -2.78. The maximum absolute atomic E-state index is 13.7. The smallest absolute Gasteiger partial charge is 0.416 e. The molecule has 0 aliphatic carbocycles. The van der Waals surface area contributed by atoms with Crippen LogP contribution in [0.2, 0.25) is 0 Å². The zero-order valence-corrected chi connectivity index (χ0v) is 19.9. The van der Waals surface area contributed by atoms with Gasteiger partial charge in [0.25, 0.3) is 0 Å². The zero-order valence-electron chi connectivity index (χ0n) is 19.9. The molecule has 0 radical (unpaired) electrons. The van der Waals surface area contributed by atoms with Gasteiger partial charge in [-0.1, -0.05) is 18.2 Å². The molecule has 2 aliphatic rings. The fraction of sp³-hybridized carbons (Fsp3) is 0.500. The number of alkyl halides is 3. The molecule has 2 aliphatic heterocycles. The van der Waals surface area contributed by atoms with Crippen molar-refractivity contribution < 1.29 is 32.2 Å². The molecular formula is C26H31F3N2O4. The Morgan fingerprint density at radius 1 is 1.14 bits per heavy atom. The van der Waals surface area contributed by atoms with Crippen LogP contribution in [0.5, 0.6) is 11.5 Å². The number of likely N-dealkylation sites (tertiary alicyclic amines) is 1. The first-order valence-electron chi connectivity index (χ1n) is 11.8. The minimum atomic E-state index is -4.43. The Morgan fingerprint density at radius 2 is 1.86 bits per heavy atom. The molecule has 2 heterocycles. The van der Waals surface area contributed by atoms with E-state index in [1.807, 2.05) is 31.2 Å². The molecule has 2 aromatic rings. The molecule has 2 atom stereocenters. The van der Waals surface area contributed by atoms with Crippen molar-refractivity contribution in [3.63, 3.8) is 0 Å². The van der Waals surface area contributed by atoms with Crippen LogP contribution >= 0.6 is 0 Å². The number of hydrogen-bond donors (Lipinski definition) is 1. The van der Waals surface area contributed by atoms with Gasteiger partial charge in [-0.05, 0) is 62.1 Å². The van der Waals surface area contributed by atoms with Crippen molar-refractivity contribution in [3.8, 4) is 11.5 Å². The largest absolute Gasteiger partial charge is 0.497 e. The Morgan fingerprint density at radius 3 is 2.57 bits per heavy atom. The highest BCUT2D eigenvalue weighted by molar-refractivity contribution is 5.87. The van der Waals surface area contributed by atoms with E-state index in [4.69, 9.17) is 14.2 Å². The molecule has 6 nitrogen and oxygen atoms in total. The second kappa shape index (κ2) is 10.5. The summed E-state index contributed by atoms with van der Waals surface area (Å²) in [6, 6.07) is 12.3. The van der Waals surface area contributed by atoms with E-state index in [-0.39, 0.29) is 23.8 Å². The number of rotatable bonds is 7. The standard InChI is InChI=1S/C26H31F3N2O4/c1-18(19-5-3-7-21(15-19)33-2)30-24(32)25(10-13-34-14-11-25)31-12-9-23(17-31)35-22-8-4-6-20(16-22)26(27,28)29/h3-8,15-16,18,23H,9-14,17H2,1-2H3,(H,30,32)/t18-,23?/m0/s1. The lowest BCUT2D eigenvalue weighted by Crippen LogP contribution is -2.61. The van der Waals surface area contributed by atoms with E-state index >= 15 is 0 Å². The molecule has 1 amide bonds. The van der Waals surface area contributed by atoms with Crippen molar-refractivity contribution >= 4 is 5.91 Å². The molecule has 0 bridgehead atoms. The summed E-state index contributed by atoms with van der Waals surface area (Å²) in [4.78, 5) is 15.8. The van der Waals surface area contributed by atoms with Crippen molar-refractivity contribution in [2.45, 2.75) is 50.0 Å². The number of carbonyl (C=O) groups excluding carboxylic acids is 1. The highest BCUT2D eigenvalue weighted by atomic mass is 19.4. The fourth-order valence-electron chi connectivity index (χ4n) is 4.87. The predicted octanol–water partition coefficient (Wildman–Crippen LogP) is 4.59. The van der Waals surface area contributed by atoms with Crippen LogP contribution in [0, 0.1) is 0 Å². The quantitative estimate of drug-likeness (QED) is 0.613. The molecule has 2 fully saturated rings. The number of halogens is 3. The number of nitrogens with one attached hydrogen (secondary N) is 1. The van der Waals surface area contributed by atoms with Crippen LogP contribution in [0.3, 0.4) is 0 Å². The van der Waals surface area contributed by atoms with Crippen LogP contribution in [-0.2, 0) is 15.7 Å². The number of hydrogen-bond acceptors (Lipinski definition) is 5. The number of amides is 1. The third kappa shape index (κ3) is 5.73. The normalized spacial score (nSPS) is 21.3. The first-order chi connectivity index (χ1) is 16.7. The van der Waals surface area contributed by atoms with Crippen molar-refractivity contribution in [2.75, 3.05) is 33.4 Å². The van der Waals surface area contributed by atoms with E-state index in [0.717, 1.165) is 23.4 Å². The molecule has 0 saturated carbocycles. The second-order valence-corrected chi connectivity index (χ2v) is 9.12. The molecular weight excluding hydrogens is 461 g/mol. The van der Waals surface area contributed by atoms with E-state index < -0.39 is 17.3 Å². The molecule has 35 heavy (non-hydrogen) atoms. The summed E-state index contributed by atoms with van der Waals surface area (Å²) in [5, 5.41) is 3.17. The number of nitrogens with zero attached hydrogens (tertiary/aromatic N) is 1. The van der Waals surface area contributed by atoms with Gasteiger partial charge >= 0.3 is 6.18 Å². The van der Waals surface area contributed by atoms with E-state index in [9.17, 15) is 18.0 Å². The summed E-state index contributed by atoms with van der Waals surface area (Å²) >= 11 is 0. The highest BCUT2D eigenvalue weighted by Crippen LogP contribution is 2.35. The minimum Gasteiger partial charge on any atom is -0.497 e. The van der Waals surface area contributed by atoms with Crippen molar-refractivity contribution in [3.05, 3.63) is 59.7 Å². The Bertz CT molecular complexity index is 1020. The summed E-state index contributed by atoms with van der Waals surface area (Å²) in [6.07, 6.45) is -3.02. The highest BCUT2D eigenvalue weighted by Gasteiger charge is 2.48. The molecule has 1 unspecified atom stereocenters. The molecule has 2 saturated heterocycles. The number of ether oxygens (including phenoxy) is 3. The molecule has 2 aromatic carbocycles. The molecule has 1 N–H and O–H groups in total. The molecule has 0 aromatic heterocycles. The maximum Gasteiger partial charge on any atom is 0.416 e. The van der Waals surface area contributed by atoms with Crippen LogP contribution in [0.1, 0.15) is 43.4 Å². The summed E-state index contributed by atoms with van der Waals surface area (Å²) in [7, 11) is 1.60. The Kier molecular flexibility index (Phi) is 7.56. The number of benzene rings is 2. The van der Waals surface area contributed by atoms with Gasteiger partial charge in [0.05, 0.1) is 18.7 Å². The van der Waals surface area contributed by atoms with Gasteiger partial charge in [-0.2, -0.15) is 13.2 Å². The van der Waals surface area contributed by atoms with Crippen LogP contribution in [0.4, 0.5) is 13.2 Å². The lowest BCUT2D eigenvalue weighted by molar-refractivity contribution is -0.141. The maximum atomic E-state index is 13.7. The lowest BCUT2D eigenvalue weighted by atomic mass is 9.86. The Labute approximate surface area is 203 Å². The van der Waals surface area contributed by atoms with E-state index in [2.05, 4.69) is 10.2 Å². The van der Waals surface area contributed by atoms with Gasteiger partial charge in [0.1, 0.15) is 23.1 Å². The summed E-state index contributed by atoms with van der Waals surface area (Å²) in [5.41, 5.74) is -0.555. The van der Waals surface area contributed by atoms with Gasteiger partial charge < -0.3 is 19.5 Å². The van der Waals surface area contributed by atoms with Gasteiger partial charge in [0, 0.05) is 26.3 Å². The SMILES string of the molecule is COc1cccc([C@H](C)NC(=O)C2(N3CCC(Oc4cccc(C(F)(F)F)c4)C3)CCOCC2)c1. The van der Waals surface area contributed by atoms with Crippen LogP contribution in [0.25, 0.3) is 0 Å². The minimum absolute atomic E-state index is 0.0733. The van der Waals surface area contributed by atoms with Crippen LogP contribution < -0.4 is 14.8 Å². The summed E-state index contributed by atoms with van der Waals surface area (Å²) in [6.45, 7) is 3.94. The van der Waals surface area contributed by atoms with Crippen molar-refractivity contribution in [1.82, 2.24) is 10.2 Å².